The first-order valence-electron chi connectivity index (χ1n) is 8.11. The highest BCUT2D eigenvalue weighted by molar-refractivity contribution is 7.10. The van der Waals surface area contributed by atoms with Crippen molar-refractivity contribution in [3.63, 3.8) is 0 Å². The van der Waals surface area contributed by atoms with Crippen molar-refractivity contribution in [2.75, 3.05) is 33.1 Å². The van der Waals surface area contributed by atoms with Crippen LogP contribution >= 0.6 is 11.3 Å². The number of likely N-dealkylation sites (N-methyl/N-ethyl adjacent to an activating group) is 1. The van der Waals surface area contributed by atoms with Crippen LogP contribution in [0.2, 0.25) is 0 Å². The Morgan fingerprint density at radius 3 is 2.65 bits per heavy atom. The molecule has 0 aliphatic carbocycles. The molecular formula is C19H20N4O2S. The zero-order chi connectivity index (χ0) is 18.5. The molecule has 0 spiro atoms. The van der Waals surface area contributed by atoms with Gasteiger partial charge in [-0.15, -0.1) is 11.3 Å². The van der Waals surface area contributed by atoms with Gasteiger partial charge in [-0.2, -0.15) is 10.2 Å². The molecule has 3 aromatic rings. The van der Waals surface area contributed by atoms with Crippen molar-refractivity contribution in [3.8, 4) is 23.3 Å². The number of benzene rings is 1. The third kappa shape index (κ3) is 3.87. The van der Waals surface area contributed by atoms with Gasteiger partial charge in [-0.3, -0.25) is 0 Å². The van der Waals surface area contributed by atoms with Gasteiger partial charge in [0.15, 0.2) is 0 Å². The van der Waals surface area contributed by atoms with Crippen LogP contribution in [-0.2, 0) is 0 Å². The highest BCUT2D eigenvalue weighted by Gasteiger charge is 2.19. The highest BCUT2D eigenvalue weighted by atomic mass is 32.1. The number of thiophene rings is 1. The van der Waals surface area contributed by atoms with Crippen molar-refractivity contribution < 1.29 is 9.15 Å². The number of nitrogens with one attached hydrogen (secondary N) is 1. The van der Waals surface area contributed by atoms with E-state index in [1.807, 2.05) is 44.4 Å². The maximum Gasteiger partial charge on any atom is 0.232 e. The summed E-state index contributed by atoms with van der Waals surface area (Å²) in [5.74, 6) is 1.55. The van der Waals surface area contributed by atoms with Crippen LogP contribution in [0.4, 0.5) is 5.88 Å². The molecule has 0 saturated heterocycles. The minimum absolute atomic E-state index is 0.177. The molecule has 7 heteroatoms. The molecule has 26 heavy (non-hydrogen) atoms. The van der Waals surface area contributed by atoms with E-state index < -0.39 is 0 Å². The first kappa shape index (κ1) is 18.0. The normalized spacial score (nSPS) is 12.0. The molecular weight excluding hydrogens is 348 g/mol. The number of ether oxygens (including phenoxy) is 1. The highest BCUT2D eigenvalue weighted by Crippen LogP contribution is 2.28. The van der Waals surface area contributed by atoms with E-state index in [4.69, 9.17) is 9.15 Å². The van der Waals surface area contributed by atoms with Gasteiger partial charge in [-0.1, -0.05) is 6.07 Å². The summed E-state index contributed by atoms with van der Waals surface area (Å²) in [6, 6.07) is 13.8. The SMILES string of the molecule is COc1ccc(-c2nc(C#N)c(NC[C@@H](c3cccs3)N(C)C)o2)cc1. The number of nitrogens with zero attached hydrogens (tertiary/aromatic N) is 3. The molecule has 1 aromatic carbocycles. The van der Waals surface area contributed by atoms with Crippen LogP contribution in [0.3, 0.4) is 0 Å². The first-order valence-corrected chi connectivity index (χ1v) is 8.99. The third-order valence-electron chi connectivity index (χ3n) is 4.02. The summed E-state index contributed by atoms with van der Waals surface area (Å²) >= 11 is 1.71. The van der Waals surface area contributed by atoms with Crippen LogP contribution in [0.1, 0.15) is 16.6 Å². The standard InChI is InChI=1S/C19H20N4O2S/c1-23(2)16(17-5-4-10-26-17)12-21-19-15(11-20)22-18(25-19)13-6-8-14(24-3)9-7-13/h4-10,16,21H,12H2,1-3H3/t16-/m0/s1. The van der Waals surface area contributed by atoms with Gasteiger partial charge in [0.1, 0.15) is 11.8 Å². The molecule has 0 aliphatic heterocycles. The molecule has 0 fully saturated rings. The molecule has 1 N–H and O–H groups in total. The number of oxazole rings is 1. The van der Waals surface area contributed by atoms with E-state index in [2.05, 4.69) is 32.7 Å². The second-order valence-electron chi connectivity index (χ2n) is 5.91. The largest absolute Gasteiger partial charge is 0.497 e. The number of rotatable bonds is 7. The van der Waals surface area contributed by atoms with Gasteiger partial charge in [0.2, 0.25) is 17.5 Å². The van der Waals surface area contributed by atoms with Gasteiger partial charge < -0.3 is 19.4 Å². The molecule has 6 nitrogen and oxygen atoms in total. The minimum atomic E-state index is 0.177. The molecule has 2 heterocycles. The van der Waals surface area contributed by atoms with Gasteiger partial charge >= 0.3 is 0 Å². The van der Waals surface area contributed by atoms with Gasteiger partial charge in [0.05, 0.1) is 13.2 Å². The average molecular weight is 368 g/mol. The number of aromatic nitrogens is 1. The first-order chi connectivity index (χ1) is 12.6. The Balaban J connectivity index is 1.79. The zero-order valence-electron chi connectivity index (χ0n) is 14.9. The lowest BCUT2D eigenvalue weighted by Crippen LogP contribution is -2.26. The summed E-state index contributed by atoms with van der Waals surface area (Å²) in [6.07, 6.45) is 0. The summed E-state index contributed by atoms with van der Waals surface area (Å²) < 4.78 is 11.0. The maximum absolute atomic E-state index is 9.38. The topological polar surface area (TPSA) is 74.3 Å². The van der Waals surface area contributed by atoms with E-state index >= 15 is 0 Å². The number of hydrogen-bond donors (Lipinski definition) is 1. The molecule has 3 rings (SSSR count). The molecule has 0 bridgehead atoms. The van der Waals surface area contributed by atoms with E-state index in [1.54, 1.807) is 18.4 Å². The fraction of sp³-hybridized carbons (Fsp3) is 0.263. The molecule has 2 aromatic heterocycles. The van der Waals surface area contributed by atoms with Crippen molar-refractivity contribution in [1.29, 1.82) is 5.26 Å². The Labute approximate surface area is 156 Å². The molecule has 0 aliphatic rings. The van der Waals surface area contributed by atoms with Crippen molar-refractivity contribution in [2.45, 2.75) is 6.04 Å². The Kier molecular flexibility index (Phi) is 5.56. The molecule has 0 unspecified atom stereocenters. The molecule has 134 valence electrons. The number of hydrogen-bond acceptors (Lipinski definition) is 7. The fourth-order valence-corrected chi connectivity index (χ4v) is 3.50. The lowest BCUT2D eigenvalue weighted by Gasteiger charge is -2.23. The summed E-state index contributed by atoms with van der Waals surface area (Å²) in [6.45, 7) is 0.611. The van der Waals surface area contributed by atoms with E-state index in [0.29, 0.717) is 18.3 Å². The van der Waals surface area contributed by atoms with E-state index in [-0.39, 0.29) is 11.7 Å². The van der Waals surface area contributed by atoms with Crippen molar-refractivity contribution in [2.24, 2.45) is 0 Å². The summed E-state index contributed by atoms with van der Waals surface area (Å²) in [5, 5.41) is 14.7. The van der Waals surface area contributed by atoms with Crippen molar-refractivity contribution >= 4 is 17.2 Å². The Morgan fingerprint density at radius 2 is 2.08 bits per heavy atom. The lowest BCUT2D eigenvalue weighted by molar-refractivity contribution is 0.315. The molecule has 1 atom stereocenters. The number of methoxy groups -OCH3 is 1. The summed E-state index contributed by atoms with van der Waals surface area (Å²) in [7, 11) is 5.67. The average Bonchev–Trinajstić information content (AvgIpc) is 3.31. The lowest BCUT2D eigenvalue weighted by atomic mass is 10.2. The number of anilines is 1. The monoisotopic (exact) mass is 368 g/mol. The van der Waals surface area contributed by atoms with Crippen molar-refractivity contribution in [1.82, 2.24) is 9.88 Å². The summed E-state index contributed by atoms with van der Waals surface area (Å²) in [5.41, 5.74) is 1.04. The maximum atomic E-state index is 9.38. The predicted molar refractivity (Wildman–Crippen MR) is 102 cm³/mol. The number of nitriles is 1. The second kappa shape index (κ2) is 8.04. The smallest absolute Gasteiger partial charge is 0.232 e. The van der Waals surface area contributed by atoms with Crippen LogP contribution < -0.4 is 10.1 Å². The van der Waals surface area contributed by atoms with E-state index in [1.165, 1.54) is 4.88 Å². The molecule has 0 radical (unpaired) electrons. The Bertz CT molecular complexity index is 879. The molecule has 0 saturated carbocycles. The van der Waals surface area contributed by atoms with Crippen LogP contribution in [-0.4, -0.2) is 37.6 Å². The fourth-order valence-electron chi connectivity index (χ4n) is 2.58. The summed E-state index contributed by atoms with van der Waals surface area (Å²) in [4.78, 5) is 7.67. The Morgan fingerprint density at radius 1 is 1.31 bits per heavy atom. The van der Waals surface area contributed by atoms with Gasteiger partial charge in [-0.25, -0.2) is 0 Å². The second-order valence-corrected chi connectivity index (χ2v) is 6.89. The van der Waals surface area contributed by atoms with E-state index in [0.717, 1.165) is 11.3 Å². The Hall–Kier alpha value is -2.82. The minimum Gasteiger partial charge on any atom is -0.497 e. The van der Waals surface area contributed by atoms with Gasteiger partial charge in [0, 0.05) is 17.0 Å². The van der Waals surface area contributed by atoms with Crippen molar-refractivity contribution in [3.05, 3.63) is 52.3 Å². The quantitative estimate of drug-likeness (QED) is 0.679. The van der Waals surface area contributed by atoms with Crippen LogP contribution in [0, 0.1) is 11.3 Å². The molecule has 0 amide bonds. The van der Waals surface area contributed by atoms with E-state index in [9.17, 15) is 5.26 Å². The predicted octanol–water partition coefficient (Wildman–Crippen LogP) is 4.00. The van der Waals surface area contributed by atoms with Crippen LogP contribution in [0.5, 0.6) is 5.75 Å². The van der Waals surface area contributed by atoms with Crippen LogP contribution in [0.15, 0.2) is 46.2 Å². The third-order valence-corrected chi connectivity index (χ3v) is 4.99. The van der Waals surface area contributed by atoms with Gasteiger partial charge in [0.25, 0.3) is 0 Å². The van der Waals surface area contributed by atoms with Gasteiger partial charge in [-0.05, 0) is 49.8 Å². The zero-order valence-corrected chi connectivity index (χ0v) is 15.7. The van der Waals surface area contributed by atoms with Crippen LogP contribution in [0.25, 0.3) is 11.5 Å².